The van der Waals surface area contributed by atoms with E-state index in [2.05, 4.69) is 0 Å². The normalized spacial score (nSPS) is 19.6. The van der Waals surface area contributed by atoms with Gasteiger partial charge in [0.05, 0.1) is 19.3 Å². The van der Waals surface area contributed by atoms with Gasteiger partial charge in [-0.1, -0.05) is 18.2 Å². The Balaban J connectivity index is 2.22. The minimum atomic E-state index is -4.53. The molecule has 1 aliphatic rings. The van der Waals surface area contributed by atoms with E-state index >= 15 is 0 Å². The quantitative estimate of drug-likeness (QED) is 0.524. The number of hydrogen-bond donors (Lipinski definition) is 0. The predicted molar refractivity (Wildman–Crippen MR) is 97.0 cm³/mol. The summed E-state index contributed by atoms with van der Waals surface area (Å²) in [5.41, 5.74) is -0.734. The number of ketones is 1. The highest BCUT2D eigenvalue weighted by Crippen LogP contribution is 2.34. The van der Waals surface area contributed by atoms with Crippen molar-refractivity contribution in [3.05, 3.63) is 35.4 Å². The molecule has 6 nitrogen and oxygen atoms in total. The van der Waals surface area contributed by atoms with Crippen LogP contribution in [0, 0.1) is 5.92 Å². The van der Waals surface area contributed by atoms with Crippen LogP contribution < -0.4 is 0 Å². The number of nitrogens with zero attached hydrogens (tertiary/aromatic N) is 1. The molecule has 160 valence electrons. The zero-order valence-corrected chi connectivity index (χ0v) is 16.3. The van der Waals surface area contributed by atoms with Crippen molar-refractivity contribution in [1.29, 1.82) is 0 Å². The number of ether oxygens (including phenoxy) is 2. The number of halogens is 3. The van der Waals surface area contributed by atoms with Crippen molar-refractivity contribution >= 4 is 17.8 Å². The monoisotopic (exact) mass is 415 g/mol. The predicted octanol–water partition coefficient (Wildman–Crippen LogP) is 3.62. The first-order valence-electron chi connectivity index (χ1n) is 9.35. The summed E-state index contributed by atoms with van der Waals surface area (Å²) in [5, 5.41) is 0. The van der Waals surface area contributed by atoms with Crippen molar-refractivity contribution in [3.8, 4) is 0 Å². The molecule has 0 N–H and O–H groups in total. The molecule has 1 amide bonds. The molecule has 1 heterocycles. The van der Waals surface area contributed by atoms with Gasteiger partial charge in [0.25, 0.3) is 0 Å². The van der Waals surface area contributed by atoms with Gasteiger partial charge in [-0.15, -0.1) is 0 Å². The molecule has 0 aromatic heterocycles. The van der Waals surface area contributed by atoms with Crippen molar-refractivity contribution in [2.75, 3.05) is 20.3 Å². The smallest absolute Gasteiger partial charge is 0.416 e. The number of amides is 1. The van der Waals surface area contributed by atoms with E-state index in [1.165, 1.54) is 30.2 Å². The Morgan fingerprint density at radius 3 is 2.52 bits per heavy atom. The highest BCUT2D eigenvalue weighted by Gasteiger charge is 2.38. The molecule has 1 fully saturated rings. The van der Waals surface area contributed by atoms with E-state index in [0.29, 0.717) is 6.42 Å². The molecule has 1 aliphatic heterocycles. The Bertz CT molecular complexity index is 750. The molecule has 0 radical (unpaired) electrons. The fourth-order valence-corrected chi connectivity index (χ4v) is 3.62. The lowest BCUT2D eigenvalue weighted by Crippen LogP contribution is -2.48. The third-order valence-corrected chi connectivity index (χ3v) is 4.98. The lowest BCUT2D eigenvalue weighted by molar-refractivity contribution is -0.147. The van der Waals surface area contributed by atoms with Crippen LogP contribution >= 0.6 is 0 Å². The van der Waals surface area contributed by atoms with E-state index in [9.17, 15) is 27.6 Å². The lowest BCUT2D eigenvalue weighted by atomic mass is 9.83. The summed E-state index contributed by atoms with van der Waals surface area (Å²) in [6.45, 7) is 1.94. The minimum Gasteiger partial charge on any atom is -0.466 e. The maximum Gasteiger partial charge on any atom is 0.416 e. The van der Waals surface area contributed by atoms with Crippen LogP contribution in [0.25, 0.3) is 0 Å². The Morgan fingerprint density at radius 1 is 1.21 bits per heavy atom. The Morgan fingerprint density at radius 2 is 1.90 bits per heavy atom. The standard InChI is InChI=1S/C20H24F3NO5/c1-3-29-18(26)12-17(25)14-8-9-24(19(27)28-2)15(11-14)10-13-6-4-5-7-16(13)20(21,22)23/h4-7,14-15H,3,8-12H2,1-2H3/t14-,15+/m1/s1. The van der Waals surface area contributed by atoms with Gasteiger partial charge >= 0.3 is 18.2 Å². The molecule has 1 aromatic rings. The molecule has 0 unspecified atom stereocenters. The number of rotatable bonds is 6. The number of piperidine rings is 1. The van der Waals surface area contributed by atoms with Crippen LogP contribution in [0.1, 0.15) is 37.3 Å². The van der Waals surface area contributed by atoms with Crippen molar-refractivity contribution in [1.82, 2.24) is 4.90 Å². The second-order valence-electron chi connectivity index (χ2n) is 6.85. The number of esters is 1. The molecule has 1 saturated heterocycles. The fourth-order valence-electron chi connectivity index (χ4n) is 3.62. The Kier molecular flexibility index (Phi) is 7.64. The second-order valence-corrected chi connectivity index (χ2v) is 6.85. The van der Waals surface area contributed by atoms with Crippen LogP contribution in [0.2, 0.25) is 0 Å². The number of carbonyl (C=O) groups is 3. The SMILES string of the molecule is CCOC(=O)CC(=O)[C@@H]1CCN(C(=O)OC)[C@@H](Cc2ccccc2C(F)(F)F)C1. The van der Waals surface area contributed by atoms with E-state index in [4.69, 9.17) is 9.47 Å². The van der Waals surface area contributed by atoms with Gasteiger partial charge < -0.3 is 14.4 Å². The molecule has 0 bridgehead atoms. The van der Waals surface area contributed by atoms with Gasteiger partial charge in [-0.25, -0.2) is 4.79 Å². The zero-order valence-electron chi connectivity index (χ0n) is 16.3. The average Bonchev–Trinajstić information content (AvgIpc) is 2.67. The molecule has 9 heteroatoms. The third-order valence-electron chi connectivity index (χ3n) is 4.98. The minimum absolute atomic E-state index is 0.0393. The number of likely N-dealkylation sites (tertiary alicyclic amines) is 1. The summed E-state index contributed by atoms with van der Waals surface area (Å²) in [6.07, 6.45) is -5.18. The summed E-state index contributed by atoms with van der Waals surface area (Å²) in [6, 6.07) is 4.50. The molecule has 0 aliphatic carbocycles. The summed E-state index contributed by atoms with van der Waals surface area (Å²) in [5.74, 6) is -1.50. The van der Waals surface area contributed by atoms with Crippen LogP contribution in [0.3, 0.4) is 0 Å². The van der Waals surface area contributed by atoms with Gasteiger partial charge in [0.2, 0.25) is 0 Å². The number of hydrogen-bond acceptors (Lipinski definition) is 5. The van der Waals surface area contributed by atoms with Gasteiger partial charge in [0.1, 0.15) is 12.2 Å². The second kappa shape index (κ2) is 9.76. The number of alkyl halides is 3. The third kappa shape index (κ3) is 5.95. The molecule has 0 spiro atoms. The summed E-state index contributed by atoms with van der Waals surface area (Å²) in [4.78, 5) is 37.5. The van der Waals surface area contributed by atoms with E-state index in [-0.39, 0.29) is 43.8 Å². The number of Topliss-reactive ketones (excluding diaryl/α,β-unsaturated/α-hetero) is 1. The van der Waals surface area contributed by atoms with Crippen LogP contribution in [-0.4, -0.2) is 49.0 Å². The first-order valence-corrected chi connectivity index (χ1v) is 9.35. The van der Waals surface area contributed by atoms with E-state index in [1.807, 2.05) is 0 Å². The van der Waals surface area contributed by atoms with Gasteiger partial charge in [-0.05, 0) is 37.8 Å². The largest absolute Gasteiger partial charge is 0.466 e. The maximum atomic E-state index is 13.3. The molecular formula is C20H24F3NO5. The molecule has 0 saturated carbocycles. The van der Waals surface area contributed by atoms with Crippen LogP contribution in [-0.2, 0) is 31.7 Å². The first-order chi connectivity index (χ1) is 13.7. The first kappa shape index (κ1) is 22.7. The Hall–Kier alpha value is -2.58. The number of benzene rings is 1. The van der Waals surface area contributed by atoms with Gasteiger partial charge in [0, 0.05) is 18.5 Å². The van der Waals surface area contributed by atoms with Gasteiger partial charge in [-0.3, -0.25) is 9.59 Å². The summed E-state index contributed by atoms with van der Waals surface area (Å²) >= 11 is 0. The summed E-state index contributed by atoms with van der Waals surface area (Å²) < 4.78 is 49.5. The van der Waals surface area contributed by atoms with Crippen molar-refractivity contribution in [2.24, 2.45) is 5.92 Å². The van der Waals surface area contributed by atoms with E-state index < -0.39 is 35.8 Å². The Labute approximate surface area is 167 Å². The van der Waals surface area contributed by atoms with Crippen molar-refractivity contribution in [2.45, 2.75) is 44.8 Å². The molecule has 2 rings (SSSR count). The molecule has 1 aromatic carbocycles. The van der Waals surface area contributed by atoms with Gasteiger partial charge in [-0.2, -0.15) is 13.2 Å². The molecule has 2 atom stereocenters. The highest BCUT2D eigenvalue weighted by molar-refractivity contribution is 5.96. The lowest BCUT2D eigenvalue weighted by Gasteiger charge is -2.38. The van der Waals surface area contributed by atoms with E-state index in [1.54, 1.807) is 6.92 Å². The molecule has 29 heavy (non-hydrogen) atoms. The van der Waals surface area contributed by atoms with Crippen molar-refractivity contribution in [3.63, 3.8) is 0 Å². The number of carbonyl (C=O) groups excluding carboxylic acids is 3. The van der Waals surface area contributed by atoms with Crippen LogP contribution in [0.15, 0.2) is 24.3 Å². The average molecular weight is 415 g/mol. The van der Waals surface area contributed by atoms with Crippen molar-refractivity contribution < 1.29 is 37.0 Å². The van der Waals surface area contributed by atoms with Crippen LogP contribution in [0.5, 0.6) is 0 Å². The topological polar surface area (TPSA) is 72.9 Å². The fraction of sp³-hybridized carbons (Fsp3) is 0.550. The van der Waals surface area contributed by atoms with Gasteiger partial charge in [0.15, 0.2) is 0 Å². The highest BCUT2D eigenvalue weighted by atomic mass is 19.4. The van der Waals surface area contributed by atoms with E-state index in [0.717, 1.165) is 6.07 Å². The molecular weight excluding hydrogens is 391 g/mol. The zero-order chi connectivity index (χ0) is 21.6. The summed E-state index contributed by atoms with van der Waals surface area (Å²) in [7, 11) is 1.20. The number of methoxy groups -OCH3 is 1. The maximum absolute atomic E-state index is 13.3. The van der Waals surface area contributed by atoms with Crippen LogP contribution in [0.4, 0.5) is 18.0 Å².